The van der Waals surface area contributed by atoms with Crippen LogP contribution in [0, 0.1) is 0 Å². The predicted molar refractivity (Wildman–Crippen MR) is 142 cm³/mol. The summed E-state index contributed by atoms with van der Waals surface area (Å²) >= 11 is 7.37. The molecule has 0 fully saturated rings. The fourth-order valence-corrected chi connectivity index (χ4v) is 6.16. The summed E-state index contributed by atoms with van der Waals surface area (Å²) in [5, 5.41) is 0. The first kappa shape index (κ1) is 24.2. The second kappa shape index (κ2) is 10.4. The number of aromatic amines is 1. The quantitative estimate of drug-likeness (QED) is 0.339. The molecule has 0 aliphatic carbocycles. The topological polar surface area (TPSA) is 40.5 Å². The lowest BCUT2D eigenvalue weighted by molar-refractivity contribution is 1.04. The van der Waals surface area contributed by atoms with Gasteiger partial charge in [0.1, 0.15) is 4.62 Å². The van der Waals surface area contributed by atoms with Gasteiger partial charge >= 0.3 is 0 Å². The molecule has 0 bridgehead atoms. The van der Waals surface area contributed by atoms with Crippen LogP contribution in [0.15, 0.2) is 54.4 Å². The number of halogens is 2. The van der Waals surface area contributed by atoms with Gasteiger partial charge in [0.25, 0.3) is 0 Å². The molecule has 3 heterocycles. The van der Waals surface area contributed by atoms with Crippen LogP contribution in [0.4, 0.5) is 0 Å². The zero-order valence-corrected chi connectivity index (χ0v) is 22.7. The van der Waals surface area contributed by atoms with Crippen LogP contribution >= 0.6 is 31.9 Å². The number of aliphatic imine (C=N–C) groups is 2. The lowest BCUT2D eigenvalue weighted by Crippen LogP contribution is -1.98. The Kier molecular flexibility index (Phi) is 8.14. The Hall–Kier alpha value is -1.46. The Morgan fingerprint density at radius 3 is 1.74 bits per heavy atom. The second-order valence-corrected chi connectivity index (χ2v) is 9.35. The zero-order valence-electron chi connectivity index (χ0n) is 19.5. The smallest absolute Gasteiger partial charge is 0.110 e. The van der Waals surface area contributed by atoms with Crippen LogP contribution in [0.25, 0.3) is 6.08 Å². The molecule has 0 unspecified atom stereocenters. The van der Waals surface area contributed by atoms with Crippen LogP contribution in [0.5, 0.6) is 0 Å². The third-order valence-corrected chi connectivity index (χ3v) is 7.57. The van der Waals surface area contributed by atoms with Gasteiger partial charge in [-0.2, -0.15) is 0 Å². The Bertz CT molecular complexity index is 1060. The van der Waals surface area contributed by atoms with E-state index in [0.717, 1.165) is 64.9 Å². The highest BCUT2D eigenvalue weighted by atomic mass is 79.9. The highest BCUT2D eigenvalue weighted by Crippen LogP contribution is 2.37. The molecule has 0 saturated carbocycles. The van der Waals surface area contributed by atoms with Crippen molar-refractivity contribution in [2.24, 2.45) is 9.98 Å². The summed E-state index contributed by atoms with van der Waals surface area (Å²) in [4.78, 5) is 13.5. The first-order valence-corrected chi connectivity index (χ1v) is 13.1. The monoisotopic (exact) mass is 545 g/mol. The maximum Gasteiger partial charge on any atom is 0.110 e. The van der Waals surface area contributed by atoms with Crippen molar-refractivity contribution in [2.45, 2.75) is 80.1 Å². The van der Waals surface area contributed by atoms with Crippen molar-refractivity contribution in [3.63, 3.8) is 0 Å². The normalized spacial score (nSPS) is 19.4. The van der Waals surface area contributed by atoms with E-state index in [9.17, 15) is 0 Å². The van der Waals surface area contributed by atoms with Crippen LogP contribution < -0.4 is 0 Å². The van der Waals surface area contributed by atoms with Crippen LogP contribution in [-0.2, 0) is 12.8 Å². The minimum Gasteiger partial charge on any atom is -0.349 e. The molecule has 3 rings (SSSR count). The first-order valence-electron chi connectivity index (χ1n) is 11.5. The van der Waals surface area contributed by atoms with E-state index in [2.05, 4.69) is 90.5 Å². The second-order valence-electron chi connectivity index (χ2n) is 7.80. The van der Waals surface area contributed by atoms with Gasteiger partial charge in [-0.15, -0.1) is 0 Å². The number of nitrogens with zero attached hydrogens (tertiary/aromatic N) is 2. The summed E-state index contributed by atoms with van der Waals surface area (Å²) in [5.41, 5.74) is 12.4. The van der Waals surface area contributed by atoms with Crippen molar-refractivity contribution < 1.29 is 0 Å². The average molecular weight is 547 g/mol. The first-order chi connectivity index (χ1) is 14.9. The highest BCUT2D eigenvalue weighted by molar-refractivity contribution is 9.18. The van der Waals surface area contributed by atoms with Gasteiger partial charge in [0.2, 0.25) is 0 Å². The molecule has 3 nitrogen and oxygen atoms in total. The lowest BCUT2D eigenvalue weighted by Gasteiger charge is -2.06. The molecule has 31 heavy (non-hydrogen) atoms. The standard InChI is InChI=1S/C26H33Br2N3/c1-7-15-16(8-2)22(14-24-18(10-4)20(12-6)26(28)31-24)29-21(15)13-23-17(9-3)19(11-5)25(27)30-23/h13-14,30H,7-12H2,1-6H3/b21-13-,24-14-. The molecular formula is C26H33Br2N3. The molecule has 1 N–H and O–H groups in total. The number of rotatable bonds is 8. The van der Waals surface area contributed by atoms with E-state index in [1.54, 1.807) is 0 Å². The fourth-order valence-electron chi connectivity index (χ4n) is 4.72. The van der Waals surface area contributed by atoms with Gasteiger partial charge < -0.3 is 4.98 Å². The van der Waals surface area contributed by atoms with Crippen molar-refractivity contribution in [1.82, 2.24) is 4.98 Å². The van der Waals surface area contributed by atoms with Crippen LogP contribution in [0.3, 0.4) is 0 Å². The molecule has 0 amide bonds. The molecule has 0 aromatic carbocycles. The summed E-state index contributed by atoms with van der Waals surface area (Å²) in [5.74, 6) is 0. The van der Waals surface area contributed by atoms with E-state index in [0.29, 0.717) is 0 Å². The molecule has 0 saturated heterocycles. The number of hydrogen-bond acceptors (Lipinski definition) is 2. The van der Waals surface area contributed by atoms with Gasteiger partial charge in [-0.05, 0) is 116 Å². The number of nitrogens with one attached hydrogen (secondary N) is 1. The molecule has 5 heteroatoms. The highest BCUT2D eigenvalue weighted by Gasteiger charge is 2.25. The number of H-pyrrole nitrogens is 1. The molecule has 1 aromatic rings. The largest absolute Gasteiger partial charge is 0.349 e. The van der Waals surface area contributed by atoms with Crippen LogP contribution in [-0.4, -0.2) is 15.3 Å². The third-order valence-electron chi connectivity index (χ3n) is 6.24. The van der Waals surface area contributed by atoms with E-state index in [1.165, 1.54) is 39.1 Å². The number of hydrogen-bond donors (Lipinski definition) is 1. The third kappa shape index (κ3) is 4.54. The van der Waals surface area contributed by atoms with Gasteiger partial charge in [0, 0.05) is 5.69 Å². The van der Waals surface area contributed by atoms with E-state index in [1.807, 2.05) is 0 Å². The minimum absolute atomic E-state index is 0.967. The lowest BCUT2D eigenvalue weighted by atomic mass is 9.97. The van der Waals surface area contributed by atoms with Gasteiger partial charge in [-0.25, -0.2) is 9.98 Å². The van der Waals surface area contributed by atoms with Crippen molar-refractivity contribution >= 4 is 48.3 Å². The summed E-state index contributed by atoms with van der Waals surface area (Å²) in [6.07, 6.45) is 10.4. The Balaban J connectivity index is 2.13. The summed E-state index contributed by atoms with van der Waals surface area (Å²) in [7, 11) is 0. The Morgan fingerprint density at radius 1 is 0.645 bits per heavy atom. The maximum atomic E-state index is 5.12. The van der Waals surface area contributed by atoms with Crippen molar-refractivity contribution in [1.29, 1.82) is 0 Å². The summed E-state index contributed by atoms with van der Waals surface area (Å²) in [6, 6.07) is 0. The van der Waals surface area contributed by atoms with Gasteiger partial charge in [-0.3, -0.25) is 0 Å². The van der Waals surface area contributed by atoms with Crippen molar-refractivity contribution in [2.75, 3.05) is 0 Å². The Labute approximate surface area is 203 Å². The summed E-state index contributed by atoms with van der Waals surface area (Å²) < 4.78 is 2.07. The number of allylic oxidation sites excluding steroid dienone is 5. The molecule has 0 spiro atoms. The molecule has 2 aliphatic rings. The molecule has 1 aromatic heterocycles. The zero-order chi connectivity index (χ0) is 22.7. The predicted octanol–water partition coefficient (Wildman–Crippen LogP) is 8.62. The van der Waals surface area contributed by atoms with E-state index in [-0.39, 0.29) is 0 Å². The van der Waals surface area contributed by atoms with E-state index < -0.39 is 0 Å². The molecule has 166 valence electrons. The molecule has 0 atom stereocenters. The van der Waals surface area contributed by atoms with Crippen molar-refractivity contribution in [3.05, 3.63) is 61.2 Å². The molecular weight excluding hydrogens is 514 g/mol. The fraction of sp³-hybridized carbons (Fsp3) is 0.462. The van der Waals surface area contributed by atoms with Crippen LogP contribution in [0.2, 0.25) is 0 Å². The molecule has 2 aliphatic heterocycles. The number of aromatic nitrogens is 1. The van der Waals surface area contributed by atoms with Gasteiger partial charge in [0.15, 0.2) is 0 Å². The SMILES string of the molecule is CCC1=C(CC)/C(=C/C2=NC(=C\c3[nH]c(Br)c(CC)c3CC)/C(CC)=C2CC)N=C1Br. The van der Waals surface area contributed by atoms with E-state index >= 15 is 0 Å². The maximum absolute atomic E-state index is 5.12. The van der Waals surface area contributed by atoms with Crippen molar-refractivity contribution in [3.8, 4) is 0 Å². The van der Waals surface area contributed by atoms with E-state index in [4.69, 9.17) is 9.98 Å². The summed E-state index contributed by atoms with van der Waals surface area (Å²) in [6.45, 7) is 13.3. The van der Waals surface area contributed by atoms with Gasteiger partial charge in [0.05, 0.1) is 21.7 Å². The minimum atomic E-state index is 0.967. The average Bonchev–Trinajstić information content (AvgIpc) is 3.36. The van der Waals surface area contributed by atoms with Crippen LogP contribution in [0.1, 0.15) is 84.0 Å². The Morgan fingerprint density at radius 2 is 1.19 bits per heavy atom. The van der Waals surface area contributed by atoms with Gasteiger partial charge in [-0.1, -0.05) is 41.5 Å². The molecule has 0 radical (unpaired) electrons.